The molecule has 1 saturated heterocycles. The molecule has 1 aliphatic carbocycles. The quantitative estimate of drug-likeness (QED) is 0.831. The third-order valence-electron chi connectivity index (χ3n) is 5.12. The fraction of sp³-hybridized carbons (Fsp3) is 0.944. The van der Waals surface area contributed by atoms with E-state index in [1.54, 1.807) is 0 Å². The Hall–Kier alpha value is -0.570. The van der Waals surface area contributed by atoms with E-state index in [-0.39, 0.29) is 17.5 Å². The van der Waals surface area contributed by atoms with Crippen LogP contribution in [-0.4, -0.2) is 23.5 Å². The van der Waals surface area contributed by atoms with Gasteiger partial charge in [0.2, 0.25) is 5.91 Å². The minimum Gasteiger partial charge on any atom is -0.350 e. The van der Waals surface area contributed by atoms with E-state index in [1.807, 2.05) is 0 Å². The second-order valence-corrected chi connectivity index (χ2v) is 8.15. The summed E-state index contributed by atoms with van der Waals surface area (Å²) in [5.41, 5.74) is -0.138. The minimum atomic E-state index is -0.138. The van der Waals surface area contributed by atoms with E-state index in [4.69, 9.17) is 0 Å². The lowest BCUT2D eigenvalue weighted by Gasteiger charge is -2.45. The van der Waals surface area contributed by atoms with Crippen molar-refractivity contribution < 1.29 is 4.79 Å². The minimum absolute atomic E-state index is 0.0189. The van der Waals surface area contributed by atoms with Gasteiger partial charge in [-0.1, -0.05) is 39.0 Å². The van der Waals surface area contributed by atoms with Gasteiger partial charge in [0, 0.05) is 11.6 Å². The number of amides is 1. The summed E-state index contributed by atoms with van der Waals surface area (Å²) >= 11 is 0. The molecule has 0 aromatic carbocycles. The first-order valence-corrected chi connectivity index (χ1v) is 8.99. The van der Waals surface area contributed by atoms with Gasteiger partial charge in [0.15, 0.2) is 0 Å². The van der Waals surface area contributed by atoms with Crippen molar-refractivity contribution in [1.82, 2.24) is 10.6 Å². The van der Waals surface area contributed by atoms with Crippen molar-refractivity contribution in [3.05, 3.63) is 0 Å². The van der Waals surface area contributed by atoms with Crippen molar-refractivity contribution in [3.63, 3.8) is 0 Å². The summed E-state index contributed by atoms with van der Waals surface area (Å²) in [4.78, 5) is 12.5. The molecule has 1 amide bonds. The number of hydrogen-bond donors (Lipinski definition) is 2. The molecular formula is C18H34N2O. The molecule has 1 heterocycles. The van der Waals surface area contributed by atoms with Gasteiger partial charge in [0.1, 0.15) is 0 Å². The Labute approximate surface area is 130 Å². The molecule has 0 bridgehead atoms. The lowest BCUT2D eigenvalue weighted by molar-refractivity contribution is -0.126. The van der Waals surface area contributed by atoms with Gasteiger partial charge in [0.05, 0.1) is 6.04 Å². The zero-order chi connectivity index (χ0) is 15.5. The van der Waals surface area contributed by atoms with Crippen molar-refractivity contribution in [1.29, 1.82) is 0 Å². The molecule has 3 nitrogen and oxygen atoms in total. The predicted octanol–water partition coefficient (Wildman–Crippen LogP) is 3.63. The molecule has 21 heavy (non-hydrogen) atoms. The summed E-state index contributed by atoms with van der Waals surface area (Å²) < 4.78 is 0. The molecule has 2 aliphatic rings. The van der Waals surface area contributed by atoms with Crippen LogP contribution in [0.2, 0.25) is 0 Å². The van der Waals surface area contributed by atoms with Crippen LogP contribution in [0.1, 0.15) is 79.1 Å². The van der Waals surface area contributed by atoms with Gasteiger partial charge in [-0.15, -0.1) is 0 Å². The summed E-state index contributed by atoms with van der Waals surface area (Å²) in [6.07, 6.45) is 10.2. The van der Waals surface area contributed by atoms with Crippen molar-refractivity contribution in [2.24, 2.45) is 11.8 Å². The predicted molar refractivity (Wildman–Crippen MR) is 88.2 cm³/mol. The number of unbranched alkanes of at least 4 members (excludes halogenated alkanes) is 1. The number of rotatable bonds is 4. The molecule has 4 atom stereocenters. The van der Waals surface area contributed by atoms with E-state index in [9.17, 15) is 4.79 Å². The molecule has 0 spiro atoms. The molecule has 1 saturated carbocycles. The van der Waals surface area contributed by atoms with Crippen molar-refractivity contribution in [2.75, 3.05) is 0 Å². The van der Waals surface area contributed by atoms with Gasteiger partial charge in [0.25, 0.3) is 0 Å². The van der Waals surface area contributed by atoms with Crippen LogP contribution in [-0.2, 0) is 4.79 Å². The van der Waals surface area contributed by atoms with Gasteiger partial charge in [-0.3, -0.25) is 4.79 Å². The van der Waals surface area contributed by atoms with E-state index >= 15 is 0 Å². The number of nitrogens with one attached hydrogen (secondary N) is 2. The lowest BCUT2D eigenvalue weighted by Crippen LogP contribution is -2.59. The molecule has 0 aromatic rings. The Kier molecular flexibility index (Phi) is 5.70. The molecule has 3 heteroatoms. The van der Waals surface area contributed by atoms with Crippen molar-refractivity contribution in [3.8, 4) is 0 Å². The molecular weight excluding hydrogens is 260 g/mol. The van der Waals surface area contributed by atoms with E-state index in [1.165, 1.54) is 44.9 Å². The van der Waals surface area contributed by atoms with Gasteiger partial charge in [-0.2, -0.15) is 0 Å². The normalized spacial score (nSPS) is 33.3. The van der Waals surface area contributed by atoms with Crippen molar-refractivity contribution in [2.45, 2.75) is 96.7 Å². The second-order valence-electron chi connectivity index (χ2n) is 8.15. The van der Waals surface area contributed by atoms with E-state index in [0.717, 1.165) is 18.3 Å². The second kappa shape index (κ2) is 7.13. The van der Waals surface area contributed by atoms with Gasteiger partial charge >= 0.3 is 0 Å². The molecule has 4 unspecified atom stereocenters. The number of carbonyl (C=O) groups excluding carboxylic acids is 1. The fourth-order valence-electron chi connectivity index (χ4n) is 4.17. The van der Waals surface area contributed by atoms with Crippen LogP contribution in [0.25, 0.3) is 0 Å². The first kappa shape index (κ1) is 16.8. The van der Waals surface area contributed by atoms with Crippen LogP contribution >= 0.6 is 0 Å². The highest BCUT2D eigenvalue weighted by molar-refractivity contribution is 5.82. The number of carbonyl (C=O) groups is 1. The SMILES string of the molecule is CCCCC1NC(C(=O)NC(C)(C)C)CC2CCCCC21. The van der Waals surface area contributed by atoms with Crippen LogP contribution in [0.3, 0.4) is 0 Å². The van der Waals surface area contributed by atoms with Gasteiger partial charge in [-0.05, 0) is 51.9 Å². The maximum atomic E-state index is 12.5. The Morgan fingerprint density at radius 2 is 1.95 bits per heavy atom. The lowest BCUT2D eigenvalue weighted by atomic mass is 9.68. The summed E-state index contributed by atoms with van der Waals surface area (Å²) in [5, 5.41) is 6.86. The van der Waals surface area contributed by atoms with Crippen LogP contribution in [0, 0.1) is 11.8 Å². The number of fused-ring (bicyclic) bond motifs is 1. The Balaban J connectivity index is 2.01. The van der Waals surface area contributed by atoms with Crippen LogP contribution in [0.15, 0.2) is 0 Å². The molecule has 2 fully saturated rings. The monoisotopic (exact) mass is 294 g/mol. The van der Waals surface area contributed by atoms with Crippen LogP contribution < -0.4 is 10.6 Å². The largest absolute Gasteiger partial charge is 0.350 e. The highest BCUT2D eigenvalue weighted by Gasteiger charge is 2.40. The molecule has 2 N–H and O–H groups in total. The smallest absolute Gasteiger partial charge is 0.237 e. The average molecular weight is 294 g/mol. The summed E-state index contributed by atoms with van der Waals surface area (Å²) in [6.45, 7) is 8.44. The average Bonchev–Trinajstić information content (AvgIpc) is 2.42. The summed E-state index contributed by atoms with van der Waals surface area (Å²) in [6, 6.07) is 0.574. The summed E-state index contributed by atoms with van der Waals surface area (Å²) in [5.74, 6) is 1.77. The first-order valence-electron chi connectivity index (χ1n) is 8.99. The topological polar surface area (TPSA) is 41.1 Å². The maximum absolute atomic E-state index is 12.5. The van der Waals surface area contributed by atoms with E-state index in [2.05, 4.69) is 38.3 Å². The van der Waals surface area contributed by atoms with Crippen LogP contribution in [0.4, 0.5) is 0 Å². The number of hydrogen-bond acceptors (Lipinski definition) is 2. The molecule has 2 rings (SSSR count). The summed E-state index contributed by atoms with van der Waals surface area (Å²) in [7, 11) is 0. The zero-order valence-corrected chi connectivity index (χ0v) is 14.4. The molecule has 122 valence electrons. The third kappa shape index (κ3) is 4.70. The first-order chi connectivity index (χ1) is 9.90. The molecule has 0 radical (unpaired) electrons. The van der Waals surface area contributed by atoms with E-state index < -0.39 is 0 Å². The van der Waals surface area contributed by atoms with Crippen LogP contribution in [0.5, 0.6) is 0 Å². The van der Waals surface area contributed by atoms with Crippen molar-refractivity contribution >= 4 is 5.91 Å². The highest BCUT2D eigenvalue weighted by Crippen LogP contribution is 2.39. The standard InChI is InChI=1S/C18H34N2O/c1-5-6-11-15-14-10-8-7-9-13(14)12-16(19-15)17(21)20-18(2,3)4/h13-16,19H,5-12H2,1-4H3,(H,20,21). The third-order valence-corrected chi connectivity index (χ3v) is 5.12. The van der Waals surface area contributed by atoms with Gasteiger partial charge in [-0.25, -0.2) is 0 Å². The number of piperidine rings is 1. The Morgan fingerprint density at radius 3 is 2.62 bits per heavy atom. The molecule has 0 aromatic heterocycles. The maximum Gasteiger partial charge on any atom is 0.237 e. The van der Waals surface area contributed by atoms with Gasteiger partial charge < -0.3 is 10.6 Å². The molecule has 1 aliphatic heterocycles. The Bertz CT molecular complexity index is 348. The fourth-order valence-corrected chi connectivity index (χ4v) is 4.17. The zero-order valence-electron chi connectivity index (χ0n) is 14.4. The van der Waals surface area contributed by atoms with E-state index in [0.29, 0.717) is 6.04 Å². The highest BCUT2D eigenvalue weighted by atomic mass is 16.2. The Morgan fingerprint density at radius 1 is 1.24 bits per heavy atom.